The topological polar surface area (TPSA) is 30.5 Å². The zero-order valence-electron chi connectivity index (χ0n) is 25.7. The van der Waals surface area contributed by atoms with E-state index in [-0.39, 0.29) is 29.4 Å². The van der Waals surface area contributed by atoms with E-state index in [2.05, 4.69) is 33.0 Å². The molecule has 0 aromatic rings. The van der Waals surface area contributed by atoms with Crippen molar-refractivity contribution < 1.29 is 30.9 Å². The molecule has 1 aliphatic heterocycles. The second-order valence-corrected chi connectivity index (χ2v) is 11.6. The molecule has 1 aliphatic rings. The van der Waals surface area contributed by atoms with Crippen molar-refractivity contribution in [2.45, 2.75) is 169 Å². The van der Waals surface area contributed by atoms with Crippen LogP contribution in [0.15, 0.2) is 0 Å². The van der Waals surface area contributed by atoms with Gasteiger partial charge in [0.15, 0.2) is 12.5 Å². The highest BCUT2D eigenvalue weighted by Crippen LogP contribution is 2.24. The third-order valence-corrected chi connectivity index (χ3v) is 8.57. The average molecular weight is 592 g/mol. The first-order valence-electron chi connectivity index (χ1n) is 16.5. The number of rotatable bonds is 26. The van der Waals surface area contributed by atoms with Crippen LogP contribution >= 0.6 is 0 Å². The molecule has 37 heavy (non-hydrogen) atoms. The van der Waals surface area contributed by atoms with Gasteiger partial charge < -0.3 is 31.8 Å². The van der Waals surface area contributed by atoms with Crippen LogP contribution in [0.2, 0.25) is 0 Å². The summed E-state index contributed by atoms with van der Waals surface area (Å²) in [5.74, 6) is 0. The van der Waals surface area contributed by atoms with Crippen LogP contribution in [-0.4, -0.2) is 56.3 Å². The summed E-state index contributed by atoms with van der Waals surface area (Å²) in [6.45, 7) is 15.3. The maximum Gasteiger partial charge on any atom is 0.192 e. The average Bonchev–Trinajstić information content (AvgIpc) is 2.90. The van der Waals surface area contributed by atoms with Gasteiger partial charge in [-0.05, 0) is 12.8 Å². The Balaban J connectivity index is 0.0000130. The second kappa shape index (κ2) is 26.5. The molecular weight excluding hydrogens is 524 g/mol. The fourth-order valence-electron chi connectivity index (χ4n) is 5.82. The maximum atomic E-state index is 6.45. The smallest absolute Gasteiger partial charge is 0.192 e. The first-order chi connectivity index (χ1) is 17.7. The maximum absolute atomic E-state index is 6.45. The number of hydrogen-bond acceptors (Lipinski definition) is 3. The van der Waals surface area contributed by atoms with E-state index in [1.165, 1.54) is 128 Å². The van der Waals surface area contributed by atoms with E-state index in [0.29, 0.717) is 0 Å². The zero-order valence-corrected chi connectivity index (χ0v) is 27.3. The molecule has 0 bridgehead atoms. The molecule has 0 aliphatic carbocycles. The number of unbranched alkanes of at least 4 members (excludes halogenated alkanes) is 18. The van der Waals surface area contributed by atoms with Crippen molar-refractivity contribution in [2.24, 2.45) is 0 Å². The molecule has 224 valence electrons. The quantitative estimate of drug-likeness (QED) is 0.0993. The van der Waals surface area contributed by atoms with Crippen molar-refractivity contribution in [3.63, 3.8) is 0 Å². The highest BCUT2D eigenvalue weighted by molar-refractivity contribution is 4.61. The predicted molar refractivity (Wildman–Crippen MR) is 157 cm³/mol. The summed E-state index contributed by atoms with van der Waals surface area (Å²) >= 11 is 0. The predicted octanol–water partition coefficient (Wildman–Crippen LogP) is 5.98. The van der Waals surface area contributed by atoms with E-state index in [1.807, 2.05) is 0 Å². The van der Waals surface area contributed by atoms with Gasteiger partial charge in [0.05, 0.1) is 26.3 Å². The third kappa shape index (κ3) is 18.3. The molecule has 1 saturated heterocycles. The number of ether oxygens (including phenoxy) is 2. The van der Waals surface area contributed by atoms with Gasteiger partial charge in [0.1, 0.15) is 0 Å². The second-order valence-electron chi connectivity index (χ2n) is 11.6. The number of nitrogens with one attached hydrogen (secondary N) is 1. The first-order valence-corrected chi connectivity index (χ1v) is 16.5. The Morgan fingerprint density at radius 2 is 0.811 bits per heavy atom. The molecule has 0 aromatic heterocycles. The summed E-state index contributed by atoms with van der Waals surface area (Å²) in [5.41, 5.74) is 0. The molecule has 2 atom stereocenters. The molecule has 0 amide bonds. The van der Waals surface area contributed by atoms with Crippen LogP contribution in [0.5, 0.6) is 0 Å². The standard InChI is InChI=1S/C32H67N2O2.BrH/c1-5-7-9-11-13-15-17-19-21-23-29-35-31(3)34(27-25-33-26-28-34)32(4)36-30-24-22-20-18-16-14-12-10-8-6-2;/h31-33H,5-30H2,1-4H3;1H/q+1;/p-1. The summed E-state index contributed by atoms with van der Waals surface area (Å²) in [7, 11) is 0. The van der Waals surface area contributed by atoms with Gasteiger partial charge in [-0.15, -0.1) is 0 Å². The van der Waals surface area contributed by atoms with Gasteiger partial charge in [-0.25, -0.2) is 0 Å². The number of nitrogens with zero attached hydrogens (tertiary/aromatic N) is 1. The SMILES string of the molecule is CCCCCCCCCCCCOC(C)[N+]1(C(C)OCCCCCCCCCCCC)CCNCC1.[Br-]. The van der Waals surface area contributed by atoms with Crippen LogP contribution in [-0.2, 0) is 9.47 Å². The van der Waals surface area contributed by atoms with Gasteiger partial charge in [0.2, 0.25) is 0 Å². The highest BCUT2D eigenvalue weighted by Gasteiger charge is 2.41. The molecule has 1 fully saturated rings. The summed E-state index contributed by atoms with van der Waals surface area (Å²) in [5, 5.41) is 3.55. The Kier molecular flexibility index (Phi) is 26.8. The van der Waals surface area contributed by atoms with E-state index in [0.717, 1.165) is 43.9 Å². The number of piperazine rings is 1. The molecule has 0 aromatic carbocycles. The molecule has 1 rings (SSSR count). The normalized spacial score (nSPS) is 16.9. The fraction of sp³-hybridized carbons (Fsp3) is 1.00. The molecule has 1 heterocycles. The van der Waals surface area contributed by atoms with E-state index >= 15 is 0 Å². The molecule has 2 unspecified atom stereocenters. The van der Waals surface area contributed by atoms with Crippen LogP contribution in [0.25, 0.3) is 0 Å². The van der Waals surface area contributed by atoms with Gasteiger partial charge in [0, 0.05) is 26.9 Å². The lowest BCUT2D eigenvalue weighted by Gasteiger charge is -2.48. The van der Waals surface area contributed by atoms with Crippen molar-refractivity contribution in [3.05, 3.63) is 0 Å². The first kappa shape index (κ1) is 37.3. The van der Waals surface area contributed by atoms with Crippen molar-refractivity contribution in [1.29, 1.82) is 0 Å². The zero-order chi connectivity index (χ0) is 26.2. The van der Waals surface area contributed by atoms with Crippen molar-refractivity contribution in [2.75, 3.05) is 39.4 Å². The number of halogens is 1. The Bertz CT molecular complexity index is 426. The lowest BCUT2D eigenvalue weighted by molar-refractivity contribution is -1.01. The molecule has 0 spiro atoms. The Morgan fingerprint density at radius 1 is 0.514 bits per heavy atom. The van der Waals surface area contributed by atoms with E-state index in [9.17, 15) is 0 Å². The molecule has 4 nitrogen and oxygen atoms in total. The minimum atomic E-state index is 0. The largest absolute Gasteiger partial charge is 1.00 e. The highest BCUT2D eigenvalue weighted by atomic mass is 79.9. The lowest BCUT2D eigenvalue weighted by Crippen LogP contribution is -3.00. The summed E-state index contributed by atoms with van der Waals surface area (Å²) in [6.07, 6.45) is 27.9. The number of quaternary nitrogens is 1. The van der Waals surface area contributed by atoms with Crippen LogP contribution < -0.4 is 22.3 Å². The van der Waals surface area contributed by atoms with Gasteiger partial charge in [-0.3, -0.25) is 4.48 Å². The van der Waals surface area contributed by atoms with Gasteiger partial charge in [0.25, 0.3) is 0 Å². The van der Waals surface area contributed by atoms with Crippen LogP contribution in [0.3, 0.4) is 0 Å². The lowest BCUT2D eigenvalue weighted by atomic mass is 10.1. The number of hydrogen-bond donors (Lipinski definition) is 1. The van der Waals surface area contributed by atoms with Crippen molar-refractivity contribution in [1.82, 2.24) is 5.32 Å². The Labute approximate surface area is 243 Å². The molecule has 5 heteroatoms. The van der Waals surface area contributed by atoms with Gasteiger partial charge in [-0.1, -0.05) is 129 Å². The summed E-state index contributed by atoms with van der Waals surface area (Å²) < 4.78 is 13.9. The third-order valence-electron chi connectivity index (χ3n) is 8.57. The van der Waals surface area contributed by atoms with Gasteiger partial charge >= 0.3 is 0 Å². The summed E-state index contributed by atoms with van der Waals surface area (Å²) in [6, 6.07) is 0. The van der Waals surface area contributed by atoms with Crippen molar-refractivity contribution >= 4 is 0 Å². The fourth-order valence-corrected chi connectivity index (χ4v) is 5.82. The molecule has 0 radical (unpaired) electrons. The van der Waals surface area contributed by atoms with Gasteiger partial charge in [-0.2, -0.15) is 0 Å². The minimum absolute atomic E-state index is 0. The monoisotopic (exact) mass is 590 g/mol. The van der Waals surface area contributed by atoms with E-state index in [4.69, 9.17) is 9.47 Å². The van der Waals surface area contributed by atoms with E-state index < -0.39 is 0 Å². The Morgan fingerprint density at radius 3 is 1.14 bits per heavy atom. The van der Waals surface area contributed by atoms with E-state index in [1.54, 1.807) is 0 Å². The van der Waals surface area contributed by atoms with Crippen molar-refractivity contribution in [3.8, 4) is 0 Å². The molecule has 0 saturated carbocycles. The van der Waals surface area contributed by atoms with Crippen LogP contribution in [0.1, 0.15) is 156 Å². The molecule has 1 N–H and O–H groups in total. The van der Waals surface area contributed by atoms with Crippen LogP contribution in [0, 0.1) is 0 Å². The van der Waals surface area contributed by atoms with Crippen LogP contribution in [0.4, 0.5) is 0 Å². The summed E-state index contributed by atoms with van der Waals surface area (Å²) in [4.78, 5) is 0. The molecular formula is C32H67BrN2O2. The minimum Gasteiger partial charge on any atom is -1.00 e. The Hall–Kier alpha value is 0.320.